The third-order valence-electron chi connectivity index (χ3n) is 2.82. The zero-order chi connectivity index (χ0) is 14.1. The van der Waals surface area contributed by atoms with Gasteiger partial charge in [0.1, 0.15) is 17.2 Å². The Hall–Kier alpha value is -1.59. The van der Waals surface area contributed by atoms with E-state index in [-0.39, 0.29) is 5.02 Å². The Labute approximate surface area is 128 Å². The largest absolute Gasteiger partial charge is 0.437 e. The number of pyridine rings is 1. The minimum Gasteiger partial charge on any atom is -0.437 e. The number of benzene rings is 1. The van der Waals surface area contributed by atoms with E-state index in [9.17, 15) is 4.39 Å². The molecule has 0 aliphatic heterocycles. The molecule has 2 aromatic heterocycles. The van der Waals surface area contributed by atoms with Crippen molar-refractivity contribution in [2.45, 2.75) is 5.33 Å². The van der Waals surface area contributed by atoms with Gasteiger partial charge in [-0.3, -0.25) is 4.40 Å². The molecule has 0 N–H and O–H groups in total. The maximum absolute atomic E-state index is 13.1. The Balaban J connectivity index is 2.03. The monoisotopic (exact) mass is 354 g/mol. The zero-order valence-electron chi connectivity index (χ0n) is 10.2. The summed E-state index contributed by atoms with van der Waals surface area (Å²) in [5.74, 6) is 0.437. The molecule has 1 aromatic carbocycles. The lowest BCUT2D eigenvalue weighted by Gasteiger charge is -2.05. The molecular weight excluding hydrogens is 347 g/mol. The zero-order valence-corrected chi connectivity index (χ0v) is 12.5. The van der Waals surface area contributed by atoms with E-state index in [1.165, 1.54) is 18.2 Å². The highest BCUT2D eigenvalue weighted by Crippen LogP contribution is 2.29. The highest BCUT2D eigenvalue weighted by atomic mass is 79.9. The van der Waals surface area contributed by atoms with Gasteiger partial charge in [0.05, 0.1) is 10.7 Å². The van der Waals surface area contributed by atoms with E-state index in [2.05, 4.69) is 20.9 Å². The molecule has 0 unspecified atom stereocenters. The first-order chi connectivity index (χ1) is 9.69. The Morgan fingerprint density at radius 3 is 2.90 bits per heavy atom. The lowest BCUT2D eigenvalue weighted by molar-refractivity contribution is 0.460. The second-order valence-corrected chi connectivity index (χ2v) is 5.07. The fourth-order valence-electron chi connectivity index (χ4n) is 1.88. The molecule has 0 radical (unpaired) electrons. The van der Waals surface area contributed by atoms with Crippen LogP contribution in [0.2, 0.25) is 5.02 Å². The molecular formula is C14H9BrClFN2O. The van der Waals surface area contributed by atoms with Crippen molar-refractivity contribution in [3.63, 3.8) is 0 Å². The molecule has 3 nitrogen and oxygen atoms in total. The topological polar surface area (TPSA) is 26.5 Å². The fourth-order valence-corrected chi connectivity index (χ4v) is 2.56. The Morgan fingerprint density at radius 1 is 1.30 bits per heavy atom. The van der Waals surface area contributed by atoms with E-state index in [1.54, 1.807) is 0 Å². The smallest absolute Gasteiger partial charge is 0.242 e. The van der Waals surface area contributed by atoms with Crippen LogP contribution in [0.4, 0.5) is 4.39 Å². The normalized spacial score (nSPS) is 10.9. The molecule has 2 heterocycles. The van der Waals surface area contributed by atoms with Crippen LogP contribution in [0.25, 0.3) is 5.65 Å². The number of hydrogen-bond acceptors (Lipinski definition) is 2. The highest BCUT2D eigenvalue weighted by molar-refractivity contribution is 9.08. The third-order valence-corrected chi connectivity index (χ3v) is 3.65. The van der Waals surface area contributed by atoms with Gasteiger partial charge in [-0.25, -0.2) is 4.39 Å². The van der Waals surface area contributed by atoms with Gasteiger partial charge in [-0.05, 0) is 24.3 Å². The molecule has 3 rings (SSSR count). The van der Waals surface area contributed by atoms with Crippen molar-refractivity contribution in [3.8, 4) is 11.6 Å². The SMILES string of the molecule is Fc1ccc(Oc2nc3ccccn3c2CBr)cc1Cl. The number of rotatable bonds is 3. The summed E-state index contributed by atoms with van der Waals surface area (Å²) in [5, 5.41) is 0.606. The van der Waals surface area contributed by atoms with Crippen LogP contribution in [0.5, 0.6) is 11.6 Å². The maximum atomic E-state index is 13.1. The lowest BCUT2D eigenvalue weighted by Crippen LogP contribution is -1.92. The summed E-state index contributed by atoms with van der Waals surface area (Å²) in [4.78, 5) is 4.40. The van der Waals surface area contributed by atoms with Gasteiger partial charge >= 0.3 is 0 Å². The van der Waals surface area contributed by atoms with Crippen molar-refractivity contribution in [1.82, 2.24) is 9.38 Å². The molecule has 0 aliphatic rings. The molecule has 20 heavy (non-hydrogen) atoms. The Morgan fingerprint density at radius 2 is 2.15 bits per heavy atom. The second-order valence-electron chi connectivity index (χ2n) is 4.10. The molecule has 0 saturated carbocycles. The number of ether oxygens (including phenoxy) is 1. The van der Waals surface area contributed by atoms with Crippen LogP contribution in [0.15, 0.2) is 42.6 Å². The van der Waals surface area contributed by atoms with Gasteiger partial charge in [-0.15, -0.1) is 0 Å². The van der Waals surface area contributed by atoms with Gasteiger partial charge in [-0.1, -0.05) is 33.6 Å². The van der Waals surface area contributed by atoms with Crippen LogP contribution >= 0.6 is 27.5 Å². The maximum Gasteiger partial charge on any atom is 0.242 e. The summed E-state index contributed by atoms with van der Waals surface area (Å²) in [6, 6.07) is 9.92. The molecule has 0 atom stereocenters. The van der Waals surface area contributed by atoms with Crippen LogP contribution in [0, 0.1) is 5.82 Å². The van der Waals surface area contributed by atoms with Gasteiger partial charge in [0.25, 0.3) is 0 Å². The first kappa shape index (κ1) is 13.4. The van der Waals surface area contributed by atoms with Crippen molar-refractivity contribution in [1.29, 1.82) is 0 Å². The average molecular weight is 356 g/mol. The standard InChI is InChI=1S/C14H9BrClFN2O/c15-8-12-14(18-13-3-1-2-6-19(12)13)20-9-4-5-11(17)10(16)7-9/h1-7H,8H2. The number of alkyl halides is 1. The Bertz CT molecular complexity index is 775. The fraction of sp³-hybridized carbons (Fsp3) is 0.0714. The Kier molecular flexibility index (Phi) is 3.63. The van der Waals surface area contributed by atoms with Crippen molar-refractivity contribution in [2.75, 3.05) is 0 Å². The molecule has 6 heteroatoms. The highest BCUT2D eigenvalue weighted by Gasteiger charge is 2.13. The second kappa shape index (κ2) is 5.42. The molecule has 0 amide bonds. The minimum absolute atomic E-state index is 0.0201. The van der Waals surface area contributed by atoms with Gasteiger partial charge in [0, 0.05) is 17.6 Å². The number of imidazole rings is 1. The molecule has 0 aliphatic carbocycles. The van der Waals surface area contributed by atoms with Gasteiger partial charge in [-0.2, -0.15) is 4.98 Å². The molecule has 0 bridgehead atoms. The van der Waals surface area contributed by atoms with Crippen LogP contribution in [-0.2, 0) is 5.33 Å². The predicted octanol–water partition coefficient (Wildman–Crippen LogP) is 4.81. The van der Waals surface area contributed by atoms with E-state index in [4.69, 9.17) is 16.3 Å². The average Bonchev–Trinajstić information content (AvgIpc) is 2.80. The van der Waals surface area contributed by atoms with Gasteiger partial charge in [0.15, 0.2) is 0 Å². The van der Waals surface area contributed by atoms with Gasteiger partial charge in [0.2, 0.25) is 5.88 Å². The minimum atomic E-state index is -0.477. The van der Waals surface area contributed by atoms with Crippen LogP contribution in [0.3, 0.4) is 0 Å². The van der Waals surface area contributed by atoms with Crippen molar-refractivity contribution in [2.24, 2.45) is 0 Å². The number of halogens is 3. The summed E-state index contributed by atoms with van der Waals surface area (Å²) < 4.78 is 20.8. The van der Waals surface area contributed by atoms with E-state index in [1.807, 2.05) is 28.8 Å². The van der Waals surface area contributed by atoms with Crippen LogP contribution in [0.1, 0.15) is 5.69 Å². The van der Waals surface area contributed by atoms with E-state index >= 15 is 0 Å². The van der Waals surface area contributed by atoms with Crippen molar-refractivity contribution >= 4 is 33.2 Å². The van der Waals surface area contributed by atoms with Crippen LogP contribution in [-0.4, -0.2) is 9.38 Å². The molecule has 102 valence electrons. The first-order valence-corrected chi connectivity index (χ1v) is 7.34. The molecule has 0 fully saturated rings. The van der Waals surface area contributed by atoms with E-state index in [0.29, 0.717) is 17.0 Å². The first-order valence-electron chi connectivity index (χ1n) is 5.84. The van der Waals surface area contributed by atoms with E-state index < -0.39 is 5.82 Å². The number of aromatic nitrogens is 2. The summed E-state index contributed by atoms with van der Waals surface area (Å²) in [7, 11) is 0. The number of nitrogens with zero attached hydrogens (tertiary/aromatic N) is 2. The molecule has 0 spiro atoms. The quantitative estimate of drug-likeness (QED) is 0.630. The molecule has 3 aromatic rings. The predicted molar refractivity (Wildman–Crippen MR) is 79.3 cm³/mol. The van der Waals surface area contributed by atoms with Crippen molar-refractivity contribution < 1.29 is 9.13 Å². The number of hydrogen-bond donors (Lipinski definition) is 0. The lowest BCUT2D eigenvalue weighted by atomic mass is 10.3. The summed E-state index contributed by atoms with van der Waals surface area (Å²) in [6.45, 7) is 0. The number of fused-ring (bicyclic) bond motifs is 1. The van der Waals surface area contributed by atoms with Gasteiger partial charge < -0.3 is 4.74 Å². The third kappa shape index (κ3) is 2.39. The summed E-state index contributed by atoms with van der Waals surface area (Å²) in [6.07, 6.45) is 1.91. The van der Waals surface area contributed by atoms with Crippen LogP contribution < -0.4 is 4.74 Å². The summed E-state index contributed by atoms with van der Waals surface area (Å²) >= 11 is 9.16. The molecule has 0 saturated heterocycles. The summed E-state index contributed by atoms with van der Waals surface area (Å²) in [5.41, 5.74) is 1.66. The van der Waals surface area contributed by atoms with E-state index in [0.717, 1.165) is 11.3 Å². The van der Waals surface area contributed by atoms with Crippen molar-refractivity contribution in [3.05, 3.63) is 59.1 Å².